The zero-order chi connectivity index (χ0) is 27.6. The standard InChI is InChI=1S/C30H31FN4O4/c1-30(2,3)39-29(37)35-17-15-34(16-18-35)19-21-7-6-10-25-26(21)33-28(38-25)23-8-4-5-9-24(23)32-27(36)20-11-13-22(31)14-12-20/h4-14H,15-19H2,1-3H3,(H,32,36). The third kappa shape index (κ3) is 6.26. The van der Waals surface area contributed by atoms with E-state index in [1.807, 2.05) is 57.2 Å². The summed E-state index contributed by atoms with van der Waals surface area (Å²) in [5.41, 5.74) is 3.42. The molecular formula is C30H31FN4O4. The quantitative estimate of drug-likeness (QED) is 0.344. The van der Waals surface area contributed by atoms with Crippen molar-refractivity contribution >= 4 is 28.8 Å². The summed E-state index contributed by atoms with van der Waals surface area (Å²) in [7, 11) is 0. The molecule has 0 bridgehead atoms. The molecule has 0 radical (unpaired) electrons. The molecule has 1 aliphatic rings. The van der Waals surface area contributed by atoms with Gasteiger partial charge in [-0.25, -0.2) is 14.2 Å². The molecule has 1 aromatic heterocycles. The fourth-order valence-corrected chi connectivity index (χ4v) is 4.48. The molecule has 5 rings (SSSR count). The summed E-state index contributed by atoms with van der Waals surface area (Å²) < 4.78 is 24.9. The highest BCUT2D eigenvalue weighted by Crippen LogP contribution is 2.32. The van der Waals surface area contributed by atoms with Gasteiger partial charge < -0.3 is 19.4 Å². The van der Waals surface area contributed by atoms with E-state index in [0.29, 0.717) is 47.9 Å². The van der Waals surface area contributed by atoms with Crippen LogP contribution in [0.2, 0.25) is 0 Å². The second kappa shape index (κ2) is 10.9. The highest BCUT2D eigenvalue weighted by Gasteiger charge is 2.26. The normalized spacial score (nSPS) is 14.4. The first kappa shape index (κ1) is 26.4. The van der Waals surface area contributed by atoms with Crippen molar-refractivity contribution in [3.8, 4) is 11.5 Å². The van der Waals surface area contributed by atoms with Crippen LogP contribution in [0.3, 0.4) is 0 Å². The van der Waals surface area contributed by atoms with Gasteiger partial charge >= 0.3 is 6.09 Å². The first-order valence-electron chi connectivity index (χ1n) is 12.9. The van der Waals surface area contributed by atoms with Crippen molar-refractivity contribution in [1.82, 2.24) is 14.8 Å². The Balaban J connectivity index is 1.31. The number of halogens is 1. The number of anilines is 1. The molecular weight excluding hydrogens is 499 g/mol. The van der Waals surface area contributed by atoms with Gasteiger partial charge in [0.1, 0.15) is 16.9 Å². The van der Waals surface area contributed by atoms with Crippen LogP contribution in [0.15, 0.2) is 71.1 Å². The smallest absolute Gasteiger partial charge is 0.410 e. The Hall–Kier alpha value is -4.24. The van der Waals surface area contributed by atoms with Crippen LogP contribution >= 0.6 is 0 Å². The molecule has 0 spiro atoms. The van der Waals surface area contributed by atoms with Crippen LogP contribution in [-0.4, -0.2) is 58.6 Å². The molecule has 8 nitrogen and oxygen atoms in total. The lowest BCUT2D eigenvalue weighted by atomic mass is 10.1. The van der Waals surface area contributed by atoms with Crippen LogP contribution in [0.25, 0.3) is 22.6 Å². The van der Waals surface area contributed by atoms with Gasteiger partial charge in [-0.2, -0.15) is 0 Å². The zero-order valence-corrected chi connectivity index (χ0v) is 22.2. The molecule has 2 amide bonds. The van der Waals surface area contributed by atoms with Crippen molar-refractivity contribution in [1.29, 1.82) is 0 Å². The maximum absolute atomic E-state index is 13.3. The number of carbonyl (C=O) groups excluding carboxylic acids is 2. The van der Waals surface area contributed by atoms with Crippen LogP contribution in [0.4, 0.5) is 14.9 Å². The van der Waals surface area contributed by atoms with E-state index in [1.165, 1.54) is 24.3 Å². The fraction of sp³-hybridized carbons (Fsp3) is 0.300. The van der Waals surface area contributed by atoms with E-state index < -0.39 is 11.4 Å². The van der Waals surface area contributed by atoms with Gasteiger partial charge in [0.05, 0.1) is 11.3 Å². The van der Waals surface area contributed by atoms with Gasteiger partial charge in [0.2, 0.25) is 5.89 Å². The molecule has 1 aliphatic heterocycles. The van der Waals surface area contributed by atoms with E-state index in [-0.39, 0.29) is 12.0 Å². The van der Waals surface area contributed by atoms with Gasteiger partial charge in [-0.15, -0.1) is 0 Å². The summed E-state index contributed by atoms with van der Waals surface area (Å²) in [4.78, 5) is 34.0. The number of nitrogens with one attached hydrogen (secondary N) is 1. The summed E-state index contributed by atoms with van der Waals surface area (Å²) in [6, 6.07) is 18.5. The van der Waals surface area contributed by atoms with E-state index in [9.17, 15) is 14.0 Å². The number of piperazine rings is 1. The number of hydrogen-bond acceptors (Lipinski definition) is 6. The summed E-state index contributed by atoms with van der Waals surface area (Å²) >= 11 is 0. The number of amides is 2. The van der Waals surface area contributed by atoms with Crippen LogP contribution in [0, 0.1) is 5.82 Å². The number of hydrogen-bond donors (Lipinski definition) is 1. The third-order valence-corrected chi connectivity index (χ3v) is 6.43. The van der Waals surface area contributed by atoms with Gasteiger partial charge in [0, 0.05) is 38.3 Å². The SMILES string of the molecule is CC(C)(C)OC(=O)N1CCN(Cc2cccc3oc(-c4ccccc4NC(=O)c4ccc(F)cc4)nc23)CC1. The largest absolute Gasteiger partial charge is 0.444 e. The first-order chi connectivity index (χ1) is 18.7. The van der Waals surface area contributed by atoms with E-state index in [1.54, 1.807) is 11.0 Å². The summed E-state index contributed by atoms with van der Waals surface area (Å²) in [5, 5.41) is 2.88. The molecule has 202 valence electrons. The Morgan fingerprint density at radius 3 is 2.41 bits per heavy atom. The number of aromatic nitrogens is 1. The Kier molecular flexibility index (Phi) is 7.34. The Morgan fingerprint density at radius 1 is 0.974 bits per heavy atom. The highest BCUT2D eigenvalue weighted by molar-refractivity contribution is 6.06. The predicted octanol–water partition coefficient (Wildman–Crippen LogP) is 5.94. The Bertz CT molecular complexity index is 1490. The summed E-state index contributed by atoms with van der Waals surface area (Å²) in [6.07, 6.45) is -0.282. The lowest BCUT2D eigenvalue weighted by molar-refractivity contribution is 0.0139. The zero-order valence-electron chi connectivity index (χ0n) is 22.2. The lowest BCUT2D eigenvalue weighted by Crippen LogP contribution is -2.49. The maximum atomic E-state index is 13.3. The van der Waals surface area contributed by atoms with Gasteiger partial charge in [0.15, 0.2) is 5.58 Å². The average Bonchev–Trinajstić information content (AvgIpc) is 3.34. The molecule has 9 heteroatoms. The number of benzene rings is 3. The van der Waals surface area contributed by atoms with E-state index in [4.69, 9.17) is 14.1 Å². The first-order valence-corrected chi connectivity index (χ1v) is 12.9. The Labute approximate surface area is 226 Å². The topological polar surface area (TPSA) is 87.9 Å². The second-order valence-corrected chi connectivity index (χ2v) is 10.5. The van der Waals surface area contributed by atoms with Crippen molar-refractivity contribution in [3.05, 3.63) is 83.7 Å². The molecule has 0 atom stereocenters. The minimum Gasteiger partial charge on any atom is -0.444 e. The molecule has 1 fully saturated rings. The number of ether oxygens (including phenoxy) is 1. The minimum absolute atomic E-state index is 0.282. The highest BCUT2D eigenvalue weighted by atomic mass is 19.1. The third-order valence-electron chi connectivity index (χ3n) is 6.43. The molecule has 39 heavy (non-hydrogen) atoms. The van der Waals surface area contributed by atoms with E-state index in [2.05, 4.69) is 10.2 Å². The number of carbonyl (C=O) groups is 2. The van der Waals surface area contributed by atoms with Crippen LogP contribution in [0.1, 0.15) is 36.7 Å². The lowest BCUT2D eigenvalue weighted by Gasteiger charge is -2.35. The molecule has 0 saturated carbocycles. The predicted molar refractivity (Wildman–Crippen MR) is 147 cm³/mol. The van der Waals surface area contributed by atoms with E-state index >= 15 is 0 Å². The number of para-hydroxylation sites is 2. The Morgan fingerprint density at radius 2 is 1.69 bits per heavy atom. The summed E-state index contributed by atoms with van der Waals surface area (Å²) in [5.74, 6) is -0.369. The molecule has 0 unspecified atom stereocenters. The van der Waals surface area contributed by atoms with Crippen LogP contribution in [-0.2, 0) is 11.3 Å². The van der Waals surface area contributed by atoms with Gasteiger partial charge in [-0.1, -0.05) is 24.3 Å². The maximum Gasteiger partial charge on any atom is 0.410 e. The average molecular weight is 531 g/mol. The molecule has 1 saturated heterocycles. The molecule has 4 aromatic rings. The monoisotopic (exact) mass is 530 g/mol. The second-order valence-electron chi connectivity index (χ2n) is 10.5. The van der Waals surface area contributed by atoms with Crippen molar-refractivity contribution in [2.24, 2.45) is 0 Å². The van der Waals surface area contributed by atoms with Gasteiger partial charge in [0.25, 0.3) is 5.91 Å². The van der Waals surface area contributed by atoms with Gasteiger partial charge in [-0.05, 0) is 68.8 Å². The molecule has 3 aromatic carbocycles. The van der Waals surface area contributed by atoms with Crippen molar-refractivity contribution in [2.45, 2.75) is 32.9 Å². The van der Waals surface area contributed by atoms with Crippen molar-refractivity contribution < 1.29 is 23.1 Å². The molecule has 1 N–H and O–H groups in total. The molecule has 0 aliphatic carbocycles. The minimum atomic E-state index is -0.517. The van der Waals surface area contributed by atoms with Crippen LogP contribution < -0.4 is 5.32 Å². The van der Waals surface area contributed by atoms with Crippen molar-refractivity contribution in [3.63, 3.8) is 0 Å². The van der Waals surface area contributed by atoms with E-state index in [0.717, 1.165) is 24.2 Å². The number of nitrogens with zero attached hydrogens (tertiary/aromatic N) is 3. The fourth-order valence-electron chi connectivity index (χ4n) is 4.48. The number of fused-ring (bicyclic) bond motifs is 1. The van der Waals surface area contributed by atoms with Crippen LogP contribution in [0.5, 0.6) is 0 Å². The number of oxazole rings is 1. The van der Waals surface area contributed by atoms with Gasteiger partial charge in [-0.3, -0.25) is 9.69 Å². The summed E-state index contributed by atoms with van der Waals surface area (Å²) in [6.45, 7) is 8.89. The number of rotatable bonds is 5. The van der Waals surface area contributed by atoms with Crippen molar-refractivity contribution in [2.75, 3.05) is 31.5 Å². The molecule has 2 heterocycles.